The molecule has 2 aromatic heterocycles. The van der Waals surface area contributed by atoms with Gasteiger partial charge in [0.1, 0.15) is 12.0 Å². The van der Waals surface area contributed by atoms with Crippen molar-refractivity contribution in [3.8, 4) is 0 Å². The minimum Gasteiger partial charge on any atom is -0.312 e. The molecule has 2 aromatic carbocycles. The molecule has 0 aliphatic heterocycles. The molecule has 4 nitrogen and oxygen atoms in total. The van der Waals surface area contributed by atoms with Crippen LogP contribution in [0.1, 0.15) is 5.56 Å². The molecule has 2 heterocycles. The van der Waals surface area contributed by atoms with Crippen molar-refractivity contribution in [2.45, 2.75) is 6.54 Å². The number of para-hydroxylation sites is 1. The predicted molar refractivity (Wildman–Crippen MR) is 86.8 cm³/mol. The standard InChI is InChI=1S/C18H13N3O/c22-18-15-10-14-8-4-5-9-16(14)20-17(15)21(12-19-18)11-13-6-2-1-3-7-13/h1-10,12H,11H2. The maximum Gasteiger partial charge on any atom is 0.282 e. The van der Waals surface area contributed by atoms with Gasteiger partial charge in [0, 0.05) is 5.39 Å². The van der Waals surface area contributed by atoms with Gasteiger partial charge in [0.25, 0.3) is 5.56 Å². The van der Waals surface area contributed by atoms with Crippen LogP contribution in [-0.2, 0) is 6.54 Å². The first-order chi connectivity index (χ1) is 10.8. The Labute approximate surface area is 126 Å². The maximum atomic E-state index is 12.1. The van der Waals surface area contributed by atoms with E-state index in [2.05, 4.69) is 9.97 Å². The normalized spacial score (nSPS) is 11.1. The Morgan fingerprint density at radius 3 is 2.59 bits per heavy atom. The van der Waals surface area contributed by atoms with Crippen LogP contribution in [0, 0.1) is 0 Å². The Bertz CT molecular complexity index is 1020. The van der Waals surface area contributed by atoms with E-state index in [1.165, 1.54) is 0 Å². The summed E-state index contributed by atoms with van der Waals surface area (Å²) in [5.74, 6) is 0. The first kappa shape index (κ1) is 12.7. The molecule has 4 aromatic rings. The van der Waals surface area contributed by atoms with Crippen LogP contribution < -0.4 is 5.56 Å². The molecule has 0 bridgehead atoms. The number of pyridine rings is 1. The van der Waals surface area contributed by atoms with Crippen LogP contribution in [0.3, 0.4) is 0 Å². The van der Waals surface area contributed by atoms with Gasteiger partial charge in [-0.1, -0.05) is 48.5 Å². The summed E-state index contributed by atoms with van der Waals surface area (Å²) in [4.78, 5) is 20.7. The van der Waals surface area contributed by atoms with E-state index in [0.29, 0.717) is 17.6 Å². The second kappa shape index (κ2) is 5.07. The van der Waals surface area contributed by atoms with Gasteiger partial charge in [-0.3, -0.25) is 4.79 Å². The molecule has 0 atom stereocenters. The number of rotatable bonds is 2. The van der Waals surface area contributed by atoms with E-state index < -0.39 is 0 Å². The van der Waals surface area contributed by atoms with Crippen molar-refractivity contribution in [3.63, 3.8) is 0 Å². The van der Waals surface area contributed by atoms with E-state index in [1.54, 1.807) is 6.33 Å². The fraction of sp³-hybridized carbons (Fsp3) is 0.0556. The quantitative estimate of drug-likeness (QED) is 0.532. The molecule has 4 heteroatoms. The highest BCUT2D eigenvalue weighted by atomic mass is 16.1. The van der Waals surface area contributed by atoms with Crippen molar-refractivity contribution in [2.75, 3.05) is 0 Å². The summed E-state index contributed by atoms with van der Waals surface area (Å²) >= 11 is 0. The van der Waals surface area contributed by atoms with Crippen LogP contribution in [-0.4, -0.2) is 14.5 Å². The molecule has 0 saturated carbocycles. The molecular formula is C18H13N3O. The van der Waals surface area contributed by atoms with Gasteiger partial charge in [-0.15, -0.1) is 0 Å². The van der Waals surface area contributed by atoms with Crippen LogP contribution in [0.15, 0.2) is 71.8 Å². The monoisotopic (exact) mass is 287 g/mol. The zero-order valence-electron chi connectivity index (χ0n) is 11.8. The fourth-order valence-corrected chi connectivity index (χ4v) is 2.62. The minimum absolute atomic E-state index is 0.238. The SMILES string of the molecule is O=c1ncn(Cc2ccccc2)c2nc3ccccc3cc12. The third kappa shape index (κ3) is 2.15. The van der Waals surface area contributed by atoms with Crippen LogP contribution in [0.25, 0.3) is 21.9 Å². The average molecular weight is 287 g/mol. The van der Waals surface area contributed by atoms with Gasteiger partial charge >= 0.3 is 0 Å². The van der Waals surface area contributed by atoms with Crippen molar-refractivity contribution >= 4 is 21.9 Å². The number of benzene rings is 2. The maximum absolute atomic E-state index is 12.1. The first-order valence-electron chi connectivity index (χ1n) is 7.10. The molecular weight excluding hydrogens is 274 g/mol. The lowest BCUT2D eigenvalue weighted by molar-refractivity contribution is 0.788. The van der Waals surface area contributed by atoms with Gasteiger partial charge in [0.05, 0.1) is 17.4 Å². The lowest BCUT2D eigenvalue weighted by atomic mass is 10.2. The van der Waals surface area contributed by atoms with Crippen LogP contribution in [0.2, 0.25) is 0 Å². The minimum atomic E-state index is -0.238. The highest BCUT2D eigenvalue weighted by Crippen LogP contribution is 2.17. The third-order valence-corrected chi connectivity index (χ3v) is 3.72. The van der Waals surface area contributed by atoms with E-state index in [1.807, 2.05) is 65.2 Å². The first-order valence-corrected chi connectivity index (χ1v) is 7.10. The summed E-state index contributed by atoms with van der Waals surface area (Å²) in [6.45, 7) is 0.635. The molecule has 0 aliphatic rings. The van der Waals surface area contributed by atoms with Crippen LogP contribution in [0.5, 0.6) is 0 Å². The second-order valence-electron chi connectivity index (χ2n) is 5.22. The van der Waals surface area contributed by atoms with Crippen molar-refractivity contribution < 1.29 is 0 Å². The third-order valence-electron chi connectivity index (χ3n) is 3.72. The van der Waals surface area contributed by atoms with Gasteiger partial charge in [-0.2, -0.15) is 4.98 Å². The topological polar surface area (TPSA) is 47.8 Å². The van der Waals surface area contributed by atoms with Gasteiger partial charge in [0.2, 0.25) is 0 Å². The summed E-state index contributed by atoms with van der Waals surface area (Å²) in [7, 11) is 0. The van der Waals surface area contributed by atoms with E-state index >= 15 is 0 Å². The molecule has 106 valence electrons. The van der Waals surface area contributed by atoms with Gasteiger partial charge in [-0.25, -0.2) is 4.98 Å². The largest absolute Gasteiger partial charge is 0.312 e. The second-order valence-corrected chi connectivity index (χ2v) is 5.22. The smallest absolute Gasteiger partial charge is 0.282 e. The summed E-state index contributed by atoms with van der Waals surface area (Å²) < 4.78 is 1.92. The molecule has 0 N–H and O–H groups in total. The molecule has 22 heavy (non-hydrogen) atoms. The zero-order chi connectivity index (χ0) is 14.9. The Balaban J connectivity index is 1.97. The predicted octanol–water partition coefficient (Wildman–Crippen LogP) is 2.99. The molecule has 0 radical (unpaired) electrons. The van der Waals surface area contributed by atoms with Crippen molar-refractivity contribution in [1.29, 1.82) is 0 Å². The molecule has 0 saturated heterocycles. The van der Waals surface area contributed by atoms with E-state index in [9.17, 15) is 4.79 Å². The average Bonchev–Trinajstić information content (AvgIpc) is 2.57. The summed E-state index contributed by atoms with van der Waals surface area (Å²) in [6, 6.07) is 19.7. The van der Waals surface area contributed by atoms with Gasteiger partial charge in [-0.05, 0) is 17.7 Å². The molecule has 4 rings (SSSR count). The lowest BCUT2D eigenvalue weighted by Gasteiger charge is -2.10. The summed E-state index contributed by atoms with van der Waals surface area (Å²) in [5.41, 5.74) is 2.45. The Hall–Kier alpha value is -3.01. The Kier molecular flexibility index (Phi) is 2.93. The lowest BCUT2D eigenvalue weighted by Crippen LogP contribution is -2.14. The summed E-state index contributed by atoms with van der Waals surface area (Å²) in [5, 5.41) is 1.50. The molecule has 0 fully saturated rings. The zero-order valence-corrected chi connectivity index (χ0v) is 11.8. The number of fused-ring (bicyclic) bond motifs is 2. The number of hydrogen-bond donors (Lipinski definition) is 0. The Morgan fingerprint density at radius 1 is 0.955 bits per heavy atom. The Morgan fingerprint density at radius 2 is 1.73 bits per heavy atom. The fourth-order valence-electron chi connectivity index (χ4n) is 2.62. The van der Waals surface area contributed by atoms with Crippen molar-refractivity contribution in [1.82, 2.24) is 14.5 Å². The molecule has 0 amide bonds. The van der Waals surface area contributed by atoms with Crippen molar-refractivity contribution in [3.05, 3.63) is 82.9 Å². The number of aromatic nitrogens is 3. The van der Waals surface area contributed by atoms with E-state index in [-0.39, 0.29) is 5.56 Å². The molecule has 0 aliphatic carbocycles. The summed E-state index contributed by atoms with van der Waals surface area (Å²) in [6.07, 6.45) is 1.57. The van der Waals surface area contributed by atoms with E-state index in [4.69, 9.17) is 0 Å². The highest BCUT2D eigenvalue weighted by Gasteiger charge is 2.08. The van der Waals surface area contributed by atoms with E-state index in [0.717, 1.165) is 16.5 Å². The molecule has 0 unspecified atom stereocenters. The van der Waals surface area contributed by atoms with Crippen LogP contribution in [0.4, 0.5) is 0 Å². The van der Waals surface area contributed by atoms with Gasteiger partial charge in [0.15, 0.2) is 0 Å². The number of nitrogens with zero attached hydrogens (tertiary/aromatic N) is 3. The molecule has 0 spiro atoms. The highest BCUT2D eigenvalue weighted by molar-refractivity contribution is 5.90. The van der Waals surface area contributed by atoms with Crippen LogP contribution >= 0.6 is 0 Å². The van der Waals surface area contributed by atoms with Gasteiger partial charge < -0.3 is 4.57 Å². The van der Waals surface area contributed by atoms with Crippen molar-refractivity contribution in [2.24, 2.45) is 0 Å². The number of hydrogen-bond acceptors (Lipinski definition) is 3.